The van der Waals surface area contributed by atoms with Crippen molar-refractivity contribution >= 4 is 17.5 Å². The molecule has 1 unspecified atom stereocenters. The van der Waals surface area contributed by atoms with Gasteiger partial charge in [-0.2, -0.15) is 0 Å². The summed E-state index contributed by atoms with van der Waals surface area (Å²) in [4.78, 5) is 11.3. The van der Waals surface area contributed by atoms with Crippen molar-refractivity contribution in [2.75, 3.05) is 14.2 Å². The predicted molar refractivity (Wildman–Crippen MR) is 74.7 cm³/mol. The van der Waals surface area contributed by atoms with Crippen LogP contribution in [0.25, 0.3) is 0 Å². The van der Waals surface area contributed by atoms with Gasteiger partial charge < -0.3 is 20.5 Å². The third-order valence-electron chi connectivity index (χ3n) is 2.63. The van der Waals surface area contributed by atoms with Crippen LogP contribution in [0, 0.1) is 0 Å². The van der Waals surface area contributed by atoms with Crippen LogP contribution in [0.2, 0.25) is 5.02 Å². The highest BCUT2D eigenvalue weighted by Crippen LogP contribution is 2.35. The number of ether oxygens (including phenoxy) is 2. The predicted octanol–water partition coefficient (Wildman–Crippen LogP) is 1.71. The molecule has 0 saturated heterocycles. The Morgan fingerprint density at radius 3 is 2.68 bits per heavy atom. The Balaban J connectivity index is 3.17. The van der Waals surface area contributed by atoms with Crippen LogP contribution in [-0.2, 0) is 11.3 Å². The van der Waals surface area contributed by atoms with E-state index in [0.717, 1.165) is 5.56 Å². The van der Waals surface area contributed by atoms with Crippen molar-refractivity contribution in [2.45, 2.75) is 26.0 Å². The van der Waals surface area contributed by atoms with Crippen molar-refractivity contribution in [3.05, 3.63) is 22.7 Å². The summed E-state index contributed by atoms with van der Waals surface area (Å²) < 4.78 is 10.9. The first kappa shape index (κ1) is 15.6. The maximum Gasteiger partial charge on any atom is 0.258 e. The number of benzene rings is 1. The standard InChI is InChI=1S/C13H19ClN2O3/c1-4-10(13(15)17)19-12-8(7-16-2)5-9(14)6-11(12)18-3/h5-6,10,16H,4,7H2,1-3H3,(H2,15,17). The summed E-state index contributed by atoms with van der Waals surface area (Å²) in [5.74, 6) is 0.472. The lowest BCUT2D eigenvalue weighted by atomic mass is 10.1. The van der Waals surface area contributed by atoms with E-state index in [2.05, 4.69) is 5.32 Å². The molecule has 1 amide bonds. The number of rotatable bonds is 7. The van der Waals surface area contributed by atoms with Crippen molar-refractivity contribution in [2.24, 2.45) is 5.73 Å². The quantitative estimate of drug-likeness (QED) is 0.800. The van der Waals surface area contributed by atoms with Crippen molar-refractivity contribution in [1.29, 1.82) is 0 Å². The molecular formula is C13H19ClN2O3. The van der Waals surface area contributed by atoms with Crippen LogP contribution in [0.15, 0.2) is 12.1 Å². The van der Waals surface area contributed by atoms with Gasteiger partial charge in [0, 0.05) is 23.2 Å². The molecule has 3 N–H and O–H groups in total. The van der Waals surface area contributed by atoms with Crippen molar-refractivity contribution in [1.82, 2.24) is 5.32 Å². The molecule has 1 aromatic carbocycles. The van der Waals surface area contributed by atoms with Crippen LogP contribution >= 0.6 is 11.6 Å². The minimum atomic E-state index is -0.689. The number of carbonyl (C=O) groups is 1. The lowest BCUT2D eigenvalue weighted by molar-refractivity contribution is -0.124. The average molecular weight is 287 g/mol. The summed E-state index contributed by atoms with van der Waals surface area (Å²) in [5.41, 5.74) is 6.11. The van der Waals surface area contributed by atoms with E-state index in [-0.39, 0.29) is 0 Å². The molecule has 0 aliphatic heterocycles. The second-order valence-electron chi connectivity index (χ2n) is 4.04. The largest absolute Gasteiger partial charge is 0.493 e. The fourth-order valence-electron chi connectivity index (χ4n) is 1.71. The summed E-state index contributed by atoms with van der Waals surface area (Å²) in [7, 11) is 3.33. The summed E-state index contributed by atoms with van der Waals surface area (Å²) in [5, 5.41) is 3.56. The van der Waals surface area contributed by atoms with Crippen molar-refractivity contribution < 1.29 is 14.3 Å². The highest BCUT2D eigenvalue weighted by molar-refractivity contribution is 6.30. The number of methoxy groups -OCH3 is 1. The van der Waals surface area contributed by atoms with Crippen LogP contribution in [0.5, 0.6) is 11.5 Å². The number of hydrogen-bond donors (Lipinski definition) is 2. The molecule has 0 bridgehead atoms. The fraction of sp³-hybridized carbons (Fsp3) is 0.462. The number of primary amides is 1. The molecule has 1 rings (SSSR count). The van der Waals surface area contributed by atoms with Crippen LogP contribution in [0.3, 0.4) is 0 Å². The summed E-state index contributed by atoms with van der Waals surface area (Å²) in [6, 6.07) is 3.41. The third kappa shape index (κ3) is 4.01. The van der Waals surface area contributed by atoms with Gasteiger partial charge in [0.05, 0.1) is 7.11 Å². The Kier molecular flexibility index (Phi) is 5.92. The van der Waals surface area contributed by atoms with Crippen molar-refractivity contribution in [3.8, 4) is 11.5 Å². The number of nitrogens with one attached hydrogen (secondary N) is 1. The van der Waals surface area contributed by atoms with Gasteiger partial charge in [0.25, 0.3) is 5.91 Å². The molecule has 0 fully saturated rings. The first-order valence-corrected chi connectivity index (χ1v) is 6.38. The molecule has 5 nitrogen and oxygen atoms in total. The van der Waals surface area contributed by atoms with Crippen LogP contribution in [0.4, 0.5) is 0 Å². The summed E-state index contributed by atoms with van der Waals surface area (Å²) in [6.07, 6.45) is -0.203. The Morgan fingerprint density at radius 1 is 1.53 bits per heavy atom. The number of amides is 1. The maximum atomic E-state index is 11.3. The zero-order chi connectivity index (χ0) is 14.4. The van der Waals surface area contributed by atoms with Gasteiger partial charge in [0.1, 0.15) is 0 Å². The molecule has 19 heavy (non-hydrogen) atoms. The Hall–Kier alpha value is -1.46. The highest BCUT2D eigenvalue weighted by Gasteiger charge is 2.20. The van der Waals surface area contributed by atoms with E-state index < -0.39 is 12.0 Å². The second kappa shape index (κ2) is 7.21. The first-order chi connectivity index (χ1) is 9.03. The fourth-order valence-corrected chi connectivity index (χ4v) is 1.95. The van der Waals surface area contributed by atoms with Crippen LogP contribution in [-0.4, -0.2) is 26.2 Å². The van der Waals surface area contributed by atoms with Gasteiger partial charge in [-0.15, -0.1) is 0 Å². The molecule has 0 aliphatic carbocycles. The third-order valence-corrected chi connectivity index (χ3v) is 2.85. The Labute approximate surface area is 118 Å². The molecule has 0 saturated carbocycles. The number of hydrogen-bond acceptors (Lipinski definition) is 4. The van der Waals surface area contributed by atoms with E-state index in [0.29, 0.717) is 29.5 Å². The van der Waals surface area contributed by atoms with Crippen molar-refractivity contribution in [3.63, 3.8) is 0 Å². The molecule has 106 valence electrons. The van der Waals surface area contributed by atoms with E-state index in [4.69, 9.17) is 26.8 Å². The lowest BCUT2D eigenvalue weighted by Crippen LogP contribution is -2.33. The van der Waals surface area contributed by atoms with Gasteiger partial charge >= 0.3 is 0 Å². The van der Waals surface area contributed by atoms with Gasteiger partial charge in [-0.05, 0) is 19.5 Å². The molecular weight excluding hydrogens is 268 g/mol. The van der Waals surface area contributed by atoms with Gasteiger partial charge in [0.15, 0.2) is 17.6 Å². The number of carbonyl (C=O) groups excluding carboxylic acids is 1. The van der Waals surface area contributed by atoms with Gasteiger partial charge in [-0.25, -0.2) is 0 Å². The molecule has 0 radical (unpaired) electrons. The van der Waals surface area contributed by atoms with E-state index >= 15 is 0 Å². The first-order valence-electron chi connectivity index (χ1n) is 6.00. The van der Waals surface area contributed by atoms with E-state index in [1.165, 1.54) is 7.11 Å². The zero-order valence-corrected chi connectivity index (χ0v) is 12.1. The summed E-state index contributed by atoms with van der Waals surface area (Å²) in [6.45, 7) is 2.37. The highest BCUT2D eigenvalue weighted by atomic mass is 35.5. The molecule has 6 heteroatoms. The Bertz CT molecular complexity index is 452. The van der Waals surface area contributed by atoms with Gasteiger partial charge in [-0.3, -0.25) is 4.79 Å². The zero-order valence-electron chi connectivity index (χ0n) is 11.3. The second-order valence-corrected chi connectivity index (χ2v) is 4.48. The monoisotopic (exact) mass is 286 g/mol. The van der Waals surface area contributed by atoms with Gasteiger partial charge in [0.2, 0.25) is 0 Å². The maximum absolute atomic E-state index is 11.3. The molecule has 0 aromatic heterocycles. The van der Waals surface area contributed by atoms with E-state index in [9.17, 15) is 4.79 Å². The van der Waals surface area contributed by atoms with Crippen LogP contribution < -0.4 is 20.5 Å². The minimum absolute atomic E-state index is 0.484. The number of halogens is 1. The molecule has 1 aromatic rings. The lowest BCUT2D eigenvalue weighted by Gasteiger charge is -2.20. The van der Waals surface area contributed by atoms with Crippen LogP contribution in [0.1, 0.15) is 18.9 Å². The summed E-state index contributed by atoms with van der Waals surface area (Å²) >= 11 is 6.01. The van der Waals surface area contributed by atoms with E-state index in [1.54, 1.807) is 12.1 Å². The van der Waals surface area contributed by atoms with Gasteiger partial charge in [-0.1, -0.05) is 18.5 Å². The average Bonchev–Trinajstić information content (AvgIpc) is 2.37. The van der Waals surface area contributed by atoms with E-state index in [1.807, 2.05) is 14.0 Å². The topological polar surface area (TPSA) is 73.6 Å². The smallest absolute Gasteiger partial charge is 0.258 e. The number of nitrogens with two attached hydrogens (primary N) is 1. The molecule has 0 heterocycles. The Morgan fingerprint density at radius 2 is 2.21 bits per heavy atom. The SMILES string of the molecule is CCC(Oc1c(CNC)cc(Cl)cc1OC)C(N)=O. The molecule has 0 aliphatic rings. The molecule has 1 atom stereocenters. The minimum Gasteiger partial charge on any atom is -0.493 e. The normalized spacial score (nSPS) is 12.0. The molecule has 0 spiro atoms.